The zero-order chi connectivity index (χ0) is 26.6. The Hall–Kier alpha value is -2.55. The second-order valence-electron chi connectivity index (χ2n) is 11.7. The molecule has 5 rings (SSSR count). The molecule has 1 saturated heterocycles. The van der Waals surface area contributed by atoms with E-state index >= 15 is 0 Å². The molecule has 1 aromatic carbocycles. The molecule has 0 bridgehead atoms. The van der Waals surface area contributed by atoms with E-state index in [1.54, 1.807) is 6.20 Å². The highest BCUT2D eigenvalue weighted by Crippen LogP contribution is 2.32. The number of likely N-dealkylation sites (N-methyl/N-ethyl adjacent to an activating group) is 1. The number of aliphatic hydroxyl groups excluding tert-OH is 1. The number of rotatable bonds is 6. The van der Waals surface area contributed by atoms with Crippen LogP contribution >= 0.6 is 0 Å². The lowest BCUT2D eigenvalue weighted by atomic mass is 9.92. The highest BCUT2D eigenvalue weighted by molar-refractivity contribution is 6.04. The van der Waals surface area contributed by atoms with Crippen molar-refractivity contribution in [3.8, 4) is 0 Å². The third kappa shape index (κ3) is 6.03. The zero-order valence-corrected chi connectivity index (χ0v) is 23.1. The predicted octanol–water partition coefficient (Wildman–Crippen LogP) is 4.48. The topological polar surface area (TPSA) is 101 Å². The van der Waals surface area contributed by atoms with Crippen molar-refractivity contribution < 1.29 is 5.11 Å². The molecule has 0 spiro atoms. The molecular weight excluding hydrogens is 476 g/mol. The van der Waals surface area contributed by atoms with Crippen LogP contribution in [-0.2, 0) is 6.54 Å². The summed E-state index contributed by atoms with van der Waals surface area (Å²) < 4.78 is 1.82. The van der Waals surface area contributed by atoms with Crippen molar-refractivity contribution in [3.05, 3.63) is 40.3 Å². The first-order chi connectivity index (χ1) is 18.4. The molecule has 3 N–H and O–H groups in total. The van der Waals surface area contributed by atoms with E-state index in [1.165, 1.54) is 45.1 Å². The fraction of sp³-hybridized carbons (Fsp3) is 0.633. The minimum absolute atomic E-state index is 0.00226. The molecule has 3 aromatic rings. The first kappa shape index (κ1) is 27.0. The molecule has 2 fully saturated rings. The van der Waals surface area contributed by atoms with Gasteiger partial charge in [-0.25, -0.2) is 4.98 Å². The van der Waals surface area contributed by atoms with Crippen molar-refractivity contribution >= 4 is 27.8 Å². The number of fused-ring (bicyclic) bond motifs is 3. The first-order valence-electron chi connectivity index (χ1n) is 14.6. The molecule has 1 saturated carbocycles. The Bertz CT molecular complexity index is 1300. The van der Waals surface area contributed by atoms with Gasteiger partial charge in [0.05, 0.1) is 6.10 Å². The van der Waals surface area contributed by atoms with Crippen LogP contribution in [0.5, 0.6) is 0 Å². The highest BCUT2D eigenvalue weighted by Gasteiger charge is 2.25. The van der Waals surface area contributed by atoms with Crippen molar-refractivity contribution in [1.82, 2.24) is 24.3 Å². The lowest BCUT2D eigenvalue weighted by molar-refractivity contribution is 0.111. The average molecular weight is 521 g/mol. The third-order valence-corrected chi connectivity index (χ3v) is 8.78. The van der Waals surface area contributed by atoms with Gasteiger partial charge < -0.3 is 15.7 Å². The lowest BCUT2D eigenvalue weighted by Crippen LogP contribution is -2.39. The van der Waals surface area contributed by atoms with Gasteiger partial charge >= 0.3 is 0 Å². The summed E-state index contributed by atoms with van der Waals surface area (Å²) in [4.78, 5) is 27.7. The Kier molecular flexibility index (Phi) is 8.61. The Morgan fingerprint density at radius 3 is 2.61 bits per heavy atom. The van der Waals surface area contributed by atoms with Crippen LogP contribution in [0, 0.1) is 0 Å². The predicted molar refractivity (Wildman–Crippen MR) is 154 cm³/mol. The van der Waals surface area contributed by atoms with Crippen molar-refractivity contribution in [2.24, 2.45) is 0 Å². The fourth-order valence-electron chi connectivity index (χ4n) is 6.45. The van der Waals surface area contributed by atoms with E-state index in [9.17, 15) is 9.90 Å². The van der Waals surface area contributed by atoms with Crippen molar-refractivity contribution in [3.63, 3.8) is 0 Å². The standard InChI is InChI=1S/C30H44N6O2/c1-21-8-6-4-3-5-7-15-35(21)17-16-34(2)20-22-9-14-25-26(18-22)29(38)36(23-10-12-24(37)13-11-23)28-27(25)19-32-30(31)33-28/h9,14,18-19,21,23-24,37H,3-8,10-13,15-17,20H2,1-2H3,(H2,31,32,33). The van der Waals surface area contributed by atoms with Crippen LogP contribution in [0.3, 0.4) is 0 Å². The third-order valence-electron chi connectivity index (χ3n) is 8.78. The molecule has 1 atom stereocenters. The maximum Gasteiger partial charge on any atom is 0.260 e. The molecular formula is C30H44N6O2. The molecule has 0 amide bonds. The second-order valence-corrected chi connectivity index (χ2v) is 11.7. The monoisotopic (exact) mass is 520 g/mol. The molecule has 2 aromatic heterocycles. The van der Waals surface area contributed by atoms with Crippen LogP contribution in [-0.4, -0.2) is 68.3 Å². The van der Waals surface area contributed by atoms with Crippen molar-refractivity contribution in [2.45, 2.75) is 95.9 Å². The number of nitrogens with zero attached hydrogens (tertiary/aromatic N) is 5. The molecule has 1 aliphatic carbocycles. The second kappa shape index (κ2) is 12.1. The summed E-state index contributed by atoms with van der Waals surface area (Å²) in [5, 5.41) is 12.5. The van der Waals surface area contributed by atoms with E-state index in [0.29, 0.717) is 29.9 Å². The van der Waals surface area contributed by atoms with Gasteiger partial charge in [0.15, 0.2) is 0 Å². The normalized spacial score (nSPS) is 23.9. The number of aromatic nitrogens is 3. The fourth-order valence-corrected chi connectivity index (χ4v) is 6.45. The van der Waals surface area contributed by atoms with Gasteiger partial charge in [-0.15, -0.1) is 0 Å². The summed E-state index contributed by atoms with van der Waals surface area (Å²) in [5.74, 6) is 0.170. The van der Waals surface area contributed by atoms with Crippen LogP contribution in [0.25, 0.3) is 21.8 Å². The zero-order valence-electron chi connectivity index (χ0n) is 23.1. The van der Waals surface area contributed by atoms with Gasteiger partial charge in [-0.1, -0.05) is 37.8 Å². The van der Waals surface area contributed by atoms with Crippen molar-refractivity contribution in [1.29, 1.82) is 0 Å². The van der Waals surface area contributed by atoms with E-state index in [0.717, 1.165) is 48.8 Å². The molecule has 8 nitrogen and oxygen atoms in total. The maximum absolute atomic E-state index is 13.9. The molecule has 3 heterocycles. The Balaban J connectivity index is 1.39. The van der Waals surface area contributed by atoms with Gasteiger partial charge in [0, 0.05) is 48.7 Å². The van der Waals surface area contributed by atoms with Crippen LogP contribution in [0.15, 0.2) is 29.2 Å². The minimum Gasteiger partial charge on any atom is -0.393 e. The molecule has 0 radical (unpaired) electrons. The number of pyridine rings is 1. The van der Waals surface area contributed by atoms with Gasteiger partial charge in [0.25, 0.3) is 5.56 Å². The van der Waals surface area contributed by atoms with Crippen LogP contribution in [0.4, 0.5) is 5.95 Å². The summed E-state index contributed by atoms with van der Waals surface area (Å²) in [7, 11) is 2.17. The van der Waals surface area contributed by atoms with Gasteiger partial charge in [-0.05, 0) is 76.1 Å². The highest BCUT2D eigenvalue weighted by atomic mass is 16.3. The average Bonchev–Trinajstić information content (AvgIpc) is 3.00. The summed E-state index contributed by atoms with van der Waals surface area (Å²) in [6.45, 7) is 6.46. The van der Waals surface area contributed by atoms with Crippen LogP contribution in [0.1, 0.15) is 82.7 Å². The number of hydrogen-bond acceptors (Lipinski definition) is 7. The maximum atomic E-state index is 13.9. The van der Waals surface area contributed by atoms with Crippen LogP contribution in [0.2, 0.25) is 0 Å². The largest absolute Gasteiger partial charge is 0.393 e. The number of aliphatic hydroxyl groups is 1. The summed E-state index contributed by atoms with van der Waals surface area (Å²) in [6.07, 6.45) is 12.4. The smallest absolute Gasteiger partial charge is 0.260 e. The van der Waals surface area contributed by atoms with E-state index < -0.39 is 0 Å². The van der Waals surface area contributed by atoms with Crippen molar-refractivity contribution in [2.75, 3.05) is 32.4 Å². The number of hydrogen-bond donors (Lipinski definition) is 2. The summed E-state index contributed by atoms with van der Waals surface area (Å²) in [5.41, 5.74) is 7.65. The first-order valence-corrected chi connectivity index (χ1v) is 14.6. The summed E-state index contributed by atoms with van der Waals surface area (Å²) >= 11 is 0. The molecule has 206 valence electrons. The number of nitrogens with two attached hydrogens (primary N) is 1. The van der Waals surface area contributed by atoms with Gasteiger partial charge in [0.2, 0.25) is 5.95 Å². The van der Waals surface area contributed by atoms with Gasteiger partial charge in [0.1, 0.15) is 5.65 Å². The quantitative estimate of drug-likeness (QED) is 0.462. The minimum atomic E-state index is -0.290. The van der Waals surface area contributed by atoms with Gasteiger partial charge in [-0.2, -0.15) is 4.98 Å². The molecule has 1 aliphatic heterocycles. The molecule has 38 heavy (non-hydrogen) atoms. The number of nitrogen functional groups attached to an aromatic ring is 1. The Morgan fingerprint density at radius 1 is 1.03 bits per heavy atom. The Morgan fingerprint density at radius 2 is 1.79 bits per heavy atom. The molecule has 8 heteroatoms. The van der Waals surface area contributed by atoms with E-state index in [1.807, 2.05) is 10.6 Å². The van der Waals surface area contributed by atoms with E-state index in [2.05, 4.69) is 45.9 Å². The van der Waals surface area contributed by atoms with E-state index in [4.69, 9.17) is 5.73 Å². The SMILES string of the molecule is CC1CCCCCCCN1CCN(C)Cc1ccc2c(c1)c(=O)n(C1CCC(O)CC1)c1nc(N)ncc21. The summed E-state index contributed by atoms with van der Waals surface area (Å²) in [6, 6.07) is 6.87. The lowest BCUT2D eigenvalue weighted by Gasteiger charge is -2.30. The number of anilines is 1. The van der Waals surface area contributed by atoms with E-state index in [-0.39, 0.29) is 23.7 Å². The van der Waals surface area contributed by atoms with Gasteiger partial charge in [-0.3, -0.25) is 14.3 Å². The molecule has 2 aliphatic rings. The Labute approximate surface area is 225 Å². The van der Waals surface area contributed by atoms with Crippen LogP contribution < -0.4 is 11.3 Å². The number of benzene rings is 1. The molecule has 1 unspecified atom stereocenters.